The molecule has 0 unspecified atom stereocenters. The van der Waals surface area contributed by atoms with Gasteiger partial charge in [-0.2, -0.15) is 0 Å². The van der Waals surface area contributed by atoms with Gasteiger partial charge in [-0.05, 0) is 34.1 Å². The smallest absolute Gasteiger partial charge is 0.407 e. The third-order valence-electron chi connectivity index (χ3n) is 2.44. The first kappa shape index (κ1) is 18.2. The van der Waals surface area contributed by atoms with Gasteiger partial charge in [0.1, 0.15) is 22.4 Å². The lowest BCUT2D eigenvalue weighted by Gasteiger charge is -2.19. The van der Waals surface area contributed by atoms with Gasteiger partial charge in [-0.15, -0.1) is 0 Å². The second-order valence-electron chi connectivity index (χ2n) is 5.65. The second-order valence-corrected chi connectivity index (χ2v) is 6.01. The molecule has 1 aromatic heterocycles. The summed E-state index contributed by atoms with van der Waals surface area (Å²) in [5, 5.41) is 5.78. The van der Waals surface area contributed by atoms with E-state index in [9.17, 15) is 9.59 Å². The zero-order valence-corrected chi connectivity index (χ0v) is 14.0. The molecule has 0 fully saturated rings. The van der Waals surface area contributed by atoms with Crippen molar-refractivity contribution < 1.29 is 14.3 Å². The summed E-state index contributed by atoms with van der Waals surface area (Å²) in [6.45, 7) is 8.05. The summed E-state index contributed by atoms with van der Waals surface area (Å²) in [7, 11) is 0. The van der Waals surface area contributed by atoms with E-state index in [0.717, 1.165) is 0 Å². The lowest BCUT2D eigenvalue weighted by molar-refractivity contribution is 0.0527. The number of aromatic nitrogens is 2. The standard InChI is InChI=1S/C14H21ClN4O3/c1-9-18-11(15)10(8-20)12(19-9)16-6-5-7-17-13(21)22-14(2,3)4/h8H,5-7H2,1-4H3,(H,17,21)(H,16,18,19). The SMILES string of the molecule is Cc1nc(Cl)c(C=O)c(NCCCNC(=O)OC(C)(C)C)n1. The van der Waals surface area contributed by atoms with Crippen LogP contribution in [0.3, 0.4) is 0 Å². The van der Waals surface area contributed by atoms with E-state index in [1.807, 2.05) is 0 Å². The molecule has 0 saturated heterocycles. The number of carbonyl (C=O) groups is 2. The predicted molar refractivity (Wildman–Crippen MR) is 84.5 cm³/mol. The summed E-state index contributed by atoms with van der Waals surface area (Å²) < 4.78 is 5.12. The van der Waals surface area contributed by atoms with E-state index < -0.39 is 11.7 Å². The molecule has 1 aromatic rings. The Morgan fingerprint density at radius 3 is 2.59 bits per heavy atom. The molecule has 0 aromatic carbocycles. The summed E-state index contributed by atoms with van der Waals surface area (Å²) in [4.78, 5) is 30.5. The molecular formula is C14H21ClN4O3. The van der Waals surface area contributed by atoms with Crippen LogP contribution in [0.1, 0.15) is 43.4 Å². The van der Waals surface area contributed by atoms with E-state index in [2.05, 4.69) is 20.6 Å². The largest absolute Gasteiger partial charge is 0.444 e. The van der Waals surface area contributed by atoms with Crippen LogP contribution in [0.2, 0.25) is 5.15 Å². The second kappa shape index (κ2) is 7.93. The number of aryl methyl sites for hydroxylation is 1. The zero-order chi connectivity index (χ0) is 16.8. The minimum atomic E-state index is -0.517. The van der Waals surface area contributed by atoms with Gasteiger partial charge in [-0.25, -0.2) is 14.8 Å². The Balaban J connectivity index is 2.40. The summed E-state index contributed by atoms with van der Waals surface area (Å²) >= 11 is 5.88. The lowest BCUT2D eigenvalue weighted by Crippen LogP contribution is -2.33. The van der Waals surface area contributed by atoms with Crippen molar-refractivity contribution in [2.75, 3.05) is 18.4 Å². The number of nitrogens with one attached hydrogen (secondary N) is 2. The Morgan fingerprint density at radius 2 is 2.00 bits per heavy atom. The molecule has 0 aliphatic carbocycles. The van der Waals surface area contributed by atoms with Crippen LogP contribution in [-0.2, 0) is 4.74 Å². The van der Waals surface area contributed by atoms with Crippen LogP contribution < -0.4 is 10.6 Å². The Bertz CT molecular complexity index is 544. The quantitative estimate of drug-likeness (QED) is 0.473. The minimum absolute atomic E-state index is 0.122. The average Bonchev–Trinajstić information content (AvgIpc) is 2.35. The Labute approximate surface area is 134 Å². The fourth-order valence-corrected chi connectivity index (χ4v) is 1.84. The van der Waals surface area contributed by atoms with Gasteiger partial charge in [0.15, 0.2) is 6.29 Å². The first-order valence-corrected chi connectivity index (χ1v) is 7.31. The number of rotatable bonds is 6. The highest BCUT2D eigenvalue weighted by atomic mass is 35.5. The molecule has 1 amide bonds. The van der Waals surface area contributed by atoms with Crippen molar-refractivity contribution >= 4 is 29.8 Å². The Morgan fingerprint density at radius 1 is 1.32 bits per heavy atom. The van der Waals surface area contributed by atoms with Crippen LogP contribution in [0.4, 0.5) is 10.6 Å². The van der Waals surface area contributed by atoms with Crippen LogP contribution in [0.5, 0.6) is 0 Å². The van der Waals surface area contributed by atoms with E-state index in [-0.39, 0.29) is 10.7 Å². The fraction of sp³-hybridized carbons (Fsp3) is 0.571. The van der Waals surface area contributed by atoms with Gasteiger partial charge in [0.25, 0.3) is 0 Å². The molecule has 0 atom stereocenters. The number of hydrogen-bond donors (Lipinski definition) is 2. The maximum atomic E-state index is 11.4. The molecule has 0 bridgehead atoms. The molecule has 0 aliphatic heterocycles. The van der Waals surface area contributed by atoms with Crippen LogP contribution >= 0.6 is 11.6 Å². The Kier molecular flexibility index (Phi) is 6.55. The normalized spacial score (nSPS) is 11.0. The van der Waals surface area contributed by atoms with Gasteiger partial charge in [0.05, 0.1) is 5.56 Å². The van der Waals surface area contributed by atoms with Gasteiger partial charge in [0, 0.05) is 13.1 Å². The summed E-state index contributed by atoms with van der Waals surface area (Å²) in [5.41, 5.74) is -0.288. The molecule has 8 heteroatoms. The lowest BCUT2D eigenvalue weighted by atomic mass is 10.2. The molecule has 0 aliphatic rings. The number of aldehydes is 1. The average molecular weight is 329 g/mol. The molecular weight excluding hydrogens is 308 g/mol. The summed E-state index contributed by atoms with van der Waals surface area (Å²) in [6.07, 6.45) is 0.795. The van der Waals surface area contributed by atoms with Gasteiger partial charge in [-0.1, -0.05) is 11.6 Å². The van der Waals surface area contributed by atoms with Crippen molar-refractivity contribution in [1.82, 2.24) is 15.3 Å². The number of amides is 1. The maximum Gasteiger partial charge on any atom is 0.407 e. The van der Waals surface area contributed by atoms with E-state index in [1.54, 1.807) is 27.7 Å². The molecule has 1 rings (SSSR count). The zero-order valence-electron chi connectivity index (χ0n) is 13.2. The monoisotopic (exact) mass is 328 g/mol. The fourth-order valence-electron chi connectivity index (χ4n) is 1.59. The number of ether oxygens (including phenoxy) is 1. The van der Waals surface area contributed by atoms with Gasteiger partial charge in [0.2, 0.25) is 0 Å². The van der Waals surface area contributed by atoms with Gasteiger partial charge in [-0.3, -0.25) is 4.79 Å². The molecule has 7 nitrogen and oxygen atoms in total. The molecule has 0 saturated carbocycles. The minimum Gasteiger partial charge on any atom is -0.444 e. The molecule has 122 valence electrons. The predicted octanol–water partition coefficient (Wildman–Crippen LogP) is 2.58. The molecule has 0 radical (unpaired) electrons. The van der Waals surface area contributed by atoms with E-state index >= 15 is 0 Å². The van der Waals surface area contributed by atoms with E-state index in [4.69, 9.17) is 16.3 Å². The van der Waals surface area contributed by atoms with Gasteiger partial charge < -0.3 is 15.4 Å². The molecule has 2 N–H and O–H groups in total. The summed E-state index contributed by atoms with van der Waals surface area (Å²) in [6, 6.07) is 0. The number of hydrogen-bond acceptors (Lipinski definition) is 6. The van der Waals surface area contributed by atoms with Crippen molar-refractivity contribution in [1.29, 1.82) is 0 Å². The molecule has 0 spiro atoms. The summed E-state index contributed by atoms with van der Waals surface area (Å²) in [5.74, 6) is 0.870. The number of anilines is 1. The van der Waals surface area contributed by atoms with Crippen molar-refractivity contribution in [2.45, 2.75) is 39.7 Å². The topological polar surface area (TPSA) is 93.2 Å². The number of alkyl carbamates (subject to hydrolysis) is 1. The van der Waals surface area contributed by atoms with Crippen molar-refractivity contribution in [2.24, 2.45) is 0 Å². The van der Waals surface area contributed by atoms with Crippen LogP contribution in [-0.4, -0.2) is 41.0 Å². The number of nitrogens with zero attached hydrogens (tertiary/aromatic N) is 2. The highest BCUT2D eigenvalue weighted by Crippen LogP contribution is 2.18. The van der Waals surface area contributed by atoms with Crippen LogP contribution in [0.25, 0.3) is 0 Å². The molecule has 22 heavy (non-hydrogen) atoms. The highest BCUT2D eigenvalue weighted by molar-refractivity contribution is 6.32. The first-order chi connectivity index (χ1) is 10.2. The number of halogens is 1. The Hall–Kier alpha value is -1.89. The maximum absolute atomic E-state index is 11.4. The van der Waals surface area contributed by atoms with Crippen LogP contribution in [0, 0.1) is 6.92 Å². The van der Waals surface area contributed by atoms with E-state index in [0.29, 0.717) is 37.4 Å². The highest BCUT2D eigenvalue weighted by Gasteiger charge is 2.15. The van der Waals surface area contributed by atoms with E-state index in [1.165, 1.54) is 0 Å². The third-order valence-corrected chi connectivity index (χ3v) is 2.73. The van der Waals surface area contributed by atoms with Crippen molar-refractivity contribution in [3.63, 3.8) is 0 Å². The molecule has 1 heterocycles. The first-order valence-electron chi connectivity index (χ1n) is 6.93. The van der Waals surface area contributed by atoms with Gasteiger partial charge >= 0.3 is 6.09 Å². The third kappa shape index (κ3) is 6.26. The van der Waals surface area contributed by atoms with Crippen molar-refractivity contribution in [3.05, 3.63) is 16.5 Å². The van der Waals surface area contributed by atoms with Crippen LogP contribution in [0.15, 0.2) is 0 Å². The number of carbonyl (C=O) groups excluding carboxylic acids is 2. The van der Waals surface area contributed by atoms with Crippen molar-refractivity contribution in [3.8, 4) is 0 Å².